The summed E-state index contributed by atoms with van der Waals surface area (Å²) in [5.41, 5.74) is 23.5. The summed E-state index contributed by atoms with van der Waals surface area (Å²) >= 11 is 0. The Morgan fingerprint density at radius 1 is 0.288 bits per heavy atom. The predicted octanol–water partition coefficient (Wildman–Crippen LogP) is 13.1. The highest BCUT2D eigenvalue weighted by molar-refractivity contribution is 6.89. The number of rotatable bonds is 8. The van der Waals surface area contributed by atoms with E-state index in [1.165, 1.54) is 78.2 Å². The lowest BCUT2D eigenvalue weighted by atomic mass is 9.45. The van der Waals surface area contributed by atoms with Crippen LogP contribution in [-0.4, -0.2) is 13.7 Å². The van der Waals surface area contributed by atoms with E-state index >= 15 is 0 Å². The van der Waals surface area contributed by atoms with E-state index in [0.29, 0.717) is 0 Å². The van der Waals surface area contributed by atoms with Crippen LogP contribution in [0.5, 0.6) is 0 Å². The van der Waals surface area contributed by atoms with Gasteiger partial charge in [-0.2, -0.15) is 0 Å². The summed E-state index contributed by atoms with van der Waals surface area (Å²) in [6.07, 6.45) is 0. The monoisotopic (exact) mass is 838 g/mol. The Labute approximate surface area is 386 Å². The quantitative estimate of drug-likeness (QED) is 0.141. The molecule has 0 fully saturated rings. The molecule has 0 spiro atoms. The molecule has 0 atom stereocenters. The average molecular weight is 839 g/mol. The molecule has 4 nitrogen and oxygen atoms in total. The van der Waals surface area contributed by atoms with E-state index < -0.39 is 0 Å². The summed E-state index contributed by atoms with van der Waals surface area (Å²) in [5, 5.41) is 0. The molecular formula is C60H40B2N4. The number of fused-ring (bicyclic) bond motifs is 6. The fourth-order valence-electron chi connectivity index (χ4n) is 11.4. The molecule has 0 saturated heterocycles. The Balaban J connectivity index is 0.940. The molecule has 0 aromatic heterocycles. The van der Waals surface area contributed by atoms with Crippen molar-refractivity contribution in [3.05, 3.63) is 282 Å². The lowest BCUT2D eigenvalue weighted by Crippen LogP contribution is -2.59. The van der Waals surface area contributed by atoms with Gasteiger partial charge in [0.25, 0.3) is 0 Å². The molecule has 5 heterocycles. The van der Waals surface area contributed by atoms with Crippen molar-refractivity contribution in [3.63, 3.8) is 0 Å². The van der Waals surface area contributed by atoms with Crippen molar-refractivity contribution in [3.8, 4) is 0 Å². The minimum Gasteiger partial charge on any atom is -0.362 e. The Kier molecular flexibility index (Phi) is 8.14. The van der Waals surface area contributed by atoms with Crippen molar-refractivity contribution in [2.45, 2.75) is 0 Å². The number of hydrogen-bond acceptors (Lipinski definition) is 4. The van der Waals surface area contributed by atoms with Crippen molar-refractivity contribution in [2.24, 2.45) is 0 Å². The summed E-state index contributed by atoms with van der Waals surface area (Å²) in [4.78, 5) is 10.0. The van der Waals surface area contributed by atoms with Crippen LogP contribution in [0, 0.1) is 0 Å². The summed E-state index contributed by atoms with van der Waals surface area (Å²) in [6.45, 7) is 0.0555. The van der Waals surface area contributed by atoms with Crippen LogP contribution in [0.2, 0.25) is 0 Å². The second kappa shape index (κ2) is 14.5. The van der Waals surface area contributed by atoms with Crippen molar-refractivity contribution in [1.29, 1.82) is 0 Å². The van der Waals surface area contributed by atoms with Crippen LogP contribution >= 0.6 is 0 Å². The first-order valence-corrected chi connectivity index (χ1v) is 22.9. The molecule has 6 heteroatoms. The molecule has 0 radical (unpaired) electrons. The van der Waals surface area contributed by atoms with Crippen molar-refractivity contribution >= 4 is 86.8 Å². The molecule has 9 aromatic carbocycles. The molecule has 306 valence electrons. The van der Waals surface area contributed by atoms with Gasteiger partial charge < -0.3 is 19.4 Å². The molecule has 9 aromatic rings. The van der Waals surface area contributed by atoms with E-state index in [9.17, 15) is 0 Å². The molecule has 66 heavy (non-hydrogen) atoms. The molecule has 0 unspecified atom stereocenters. The first-order chi connectivity index (χ1) is 32.8. The highest BCUT2D eigenvalue weighted by Gasteiger charge is 2.54. The van der Waals surface area contributed by atoms with E-state index in [2.05, 4.69) is 262 Å². The van der Waals surface area contributed by atoms with Crippen molar-refractivity contribution < 1.29 is 0 Å². The molecule has 0 aliphatic carbocycles. The SMILES string of the molecule is C1=C(c2ccc(N(c3ccccc3)c3ccccc3)cc2)c2ccc3c4c2N2B1c1ccccc1C1=C2N4B(C=C3c2ccc(N(c3ccccc3)c3ccccc3)cc2)c2ccccc21. The third-order valence-corrected chi connectivity index (χ3v) is 14.1. The summed E-state index contributed by atoms with van der Waals surface area (Å²) in [5.74, 6) is 6.36. The van der Waals surface area contributed by atoms with Gasteiger partial charge in [-0.3, -0.25) is 0 Å². The largest absolute Gasteiger partial charge is 0.362 e. The van der Waals surface area contributed by atoms with E-state index in [0.717, 1.165) is 34.1 Å². The number of nitrogens with zero attached hydrogens (tertiary/aromatic N) is 4. The Morgan fingerprint density at radius 3 is 0.970 bits per heavy atom. The van der Waals surface area contributed by atoms with E-state index in [4.69, 9.17) is 0 Å². The van der Waals surface area contributed by atoms with Gasteiger partial charge in [-0.05, 0) is 117 Å². The van der Waals surface area contributed by atoms with E-state index in [1.54, 1.807) is 0 Å². The Bertz CT molecular complexity index is 3170. The highest BCUT2D eigenvalue weighted by atomic mass is 15.4. The predicted molar refractivity (Wildman–Crippen MR) is 277 cm³/mol. The maximum atomic E-state index is 2.68. The zero-order valence-electron chi connectivity index (χ0n) is 36.0. The van der Waals surface area contributed by atoms with E-state index in [1.807, 2.05) is 0 Å². The van der Waals surface area contributed by atoms with Gasteiger partial charge in [0.1, 0.15) is 0 Å². The normalized spacial score (nSPS) is 14.4. The summed E-state index contributed by atoms with van der Waals surface area (Å²) < 4.78 is 0. The number of benzene rings is 9. The minimum absolute atomic E-state index is 0.0277. The van der Waals surface area contributed by atoms with Crippen LogP contribution in [0.3, 0.4) is 0 Å². The first kappa shape index (κ1) is 37.0. The topological polar surface area (TPSA) is 13.0 Å². The standard InChI is InChI=1S/C60H40B2N4/c1-5-17-43(18-6-1)63(44-19-7-2-8-20-44)47-33-29-41(30-34-47)53-39-61-55-27-15-13-25-51(55)57-52-26-14-16-28-56(52)62-40-54(50-38-37-49(53)58-59(50)66(62)60(57)65(58)61)42-31-35-48(36-32-42)64(45-21-9-3-10-22-45)46-23-11-4-12-24-46/h1-40H. The lowest BCUT2D eigenvalue weighted by molar-refractivity contribution is 1.20. The van der Waals surface area contributed by atoms with Crippen LogP contribution in [0.1, 0.15) is 33.4 Å². The minimum atomic E-state index is 0.0277. The van der Waals surface area contributed by atoms with Gasteiger partial charge in [-0.1, -0.05) is 170 Å². The smallest absolute Gasteiger partial charge is 0.323 e. The van der Waals surface area contributed by atoms with E-state index in [-0.39, 0.29) is 13.7 Å². The van der Waals surface area contributed by atoms with Crippen molar-refractivity contribution in [2.75, 3.05) is 19.4 Å². The van der Waals surface area contributed by atoms with Gasteiger partial charge in [0.15, 0.2) is 0 Å². The molecule has 5 aliphatic heterocycles. The van der Waals surface area contributed by atoms with Gasteiger partial charge in [-0.25, -0.2) is 0 Å². The second-order valence-electron chi connectivity index (χ2n) is 17.6. The van der Waals surface area contributed by atoms with Crippen LogP contribution in [0.4, 0.5) is 45.5 Å². The van der Waals surface area contributed by atoms with Crippen molar-refractivity contribution in [1.82, 2.24) is 0 Å². The van der Waals surface area contributed by atoms with Gasteiger partial charge in [0.05, 0.1) is 17.2 Å². The second-order valence-corrected chi connectivity index (χ2v) is 17.6. The van der Waals surface area contributed by atoms with Crippen LogP contribution in [-0.2, 0) is 0 Å². The average Bonchev–Trinajstić information content (AvgIpc) is 3.75. The highest BCUT2D eigenvalue weighted by Crippen LogP contribution is 2.59. The zero-order valence-corrected chi connectivity index (χ0v) is 36.0. The van der Waals surface area contributed by atoms with Crippen LogP contribution in [0.25, 0.3) is 16.7 Å². The number of anilines is 8. The van der Waals surface area contributed by atoms with Crippen LogP contribution in [0.15, 0.2) is 248 Å². The lowest BCUT2D eigenvalue weighted by Gasteiger charge is -2.44. The van der Waals surface area contributed by atoms with Gasteiger partial charge in [0, 0.05) is 50.8 Å². The molecule has 0 amide bonds. The van der Waals surface area contributed by atoms with Crippen LogP contribution < -0.4 is 30.3 Å². The molecule has 0 N–H and O–H groups in total. The zero-order chi connectivity index (χ0) is 43.3. The third kappa shape index (κ3) is 5.42. The van der Waals surface area contributed by atoms with Gasteiger partial charge >= 0.3 is 13.7 Å². The Hall–Kier alpha value is -8.47. The third-order valence-electron chi connectivity index (χ3n) is 14.1. The number of hydrogen-bond donors (Lipinski definition) is 0. The summed E-state index contributed by atoms with van der Waals surface area (Å²) in [6, 6.07) is 84.1. The first-order valence-electron chi connectivity index (χ1n) is 22.9. The molecule has 0 bridgehead atoms. The maximum Gasteiger partial charge on any atom is 0.323 e. The summed E-state index contributed by atoms with van der Waals surface area (Å²) in [7, 11) is 0. The van der Waals surface area contributed by atoms with Gasteiger partial charge in [0.2, 0.25) is 0 Å². The fourth-order valence-corrected chi connectivity index (χ4v) is 11.4. The number of para-hydroxylation sites is 4. The molecule has 5 aliphatic rings. The Morgan fingerprint density at radius 2 is 0.606 bits per heavy atom. The molecule has 0 saturated carbocycles. The van der Waals surface area contributed by atoms with Gasteiger partial charge in [-0.15, -0.1) is 0 Å². The maximum absolute atomic E-state index is 2.68. The fraction of sp³-hybridized carbons (Fsp3) is 0. The molecular weight excluding hydrogens is 798 g/mol. The molecule has 14 rings (SSSR count).